The van der Waals surface area contributed by atoms with Gasteiger partial charge in [-0.2, -0.15) is 0 Å². The number of carbonyl (C=O) groups excluding carboxylic acids is 1. The fraction of sp³-hybridized carbons (Fsp3) is 0.980. The maximum Gasteiger partial charge on any atom is 0.472 e. The van der Waals surface area contributed by atoms with Gasteiger partial charge in [-0.05, 0) is 12.8 Å². The van der Waals surface area contributed by atoms with Gasteiger partial charge in [0.25, 0.3) is 0 Å². The number of likely N-dealkylation sites (N-methyl/N-ethyl adjacent to an activating group) is 1. The molecule has 60 heavy (non-hydrogen) atoms. The van der Waals surface area contributed by atoms with Crippen molar-refractivity contribution in [3.63, 3.8) is 0 Å². The molecule has 9 heteroatoms. The van der Waals surface area contributed by atoms with Crippen molar-refractivity contribution < 1.29 is 37.3 Å². The molecule has 0 bridgehead atoms. The summed E-state index contributed by atoms with van der Waals surface area (Å²) in [5.74, 6) is -0.304. The molecule has 0 aliphatic carbocycles. The molecule has 0 rings (SSSR count). The van der Waals surface area contributed by atoms with Crippen LogP contribution in [0.1, 0.15) is 264 Å². The maximum atomic E-state index is 12.8. The Balaban J connectivity index is 4.07. The molecule has 0 aliphatic heterocycles. The minimum Gasteiger partial charge on any atom is -0.457 e. The van der Waals surface area contributed by atoms with Crippen LogP contribution in [-0.4, -0.2) is 75.6 Å². The standard InChI is InChI=1S/C51H104NO7P/c1-6-8-10-12-14-16-18-20-22-24-26-28-30-32-34-36-38-40-42-44-51(53)59-50(49-58-60(54,55)57-47-45-52(3,4)5)48-56-46-43-41-39-37-35-33-31-29-27-25-23-21-19-17-15-13-11-9-7-2/h50H,6-49H2,1-5H3/p+1. The van der Waals surface area contributed by atoms with Gasteiger partial charge in [0, 0.05) is 13.0 Å². The zero-order valence-electron chi connectivity index (χ0n) is 41.0. The molecule has 0 spiro atoms. The van der Waals surface area contributed by atoms with Gasteiger partial charge in [0.05, 0.1) is 34.4 Å². The minimum absolute atomic E-state index is 0.0943. The summed E-state index contributed by atoms with van der Waals surface area (Å²) < 4.78 is 35.2. The van der Waals surface area contributed by atoms with Gasteiger partial charge in [0.15, 0.2) is 0 Å². The largest absolute Gasteiger partial charge is 0.472 e. The highest BCUT2D eigenvalue weighted by atomic mass is 31.2. The zero-order valence-corrected chi connectivity index (χ0v) is 41.9. The number of unbranched alkanes of at least 4 members (excludes halogenated alkanes) is 36. The van der Waals surface area contributed by atoms with Crippen molar-refractivity contribution in [1.82, 2.24) is 0 Å². The smallest absolute Gasteiger partial charge is 0.457 e. The van der Waals surface area contributed by atoms with Crippen LogP contribution in [0, 0.1) is 0 Å². The Morgan fingerprint density at radius 3 is 1.10 bits per heavy atom. The fourth-order valence-electron chi connectivity index (χ4n) is 7.85. The number of rotatable bonds is 50. The first kappa shape index (κ1) is 59.5. The van der Waals surface area contributed by atoms with Crippen LogP contribution in [0.25, 0.3) is 0 Å². The van der Waals surface area contributed by atoms with Crippen molar-refractivity contribution in [3.8, 4) is 0 Å². The van der Waals surface area contributed by atoms with E-state index in [1.807, 2.05) is 21.1 Å². The first-order valence-electron chi connectivity index (χ1n) is 26.3. The van der Waals surface area contributed by atoms with Crippen molar-refractivity contribution in [2.75, 3.05) is 54.1 Å². The number of esters is 1. The molecular weight excluding hydrogens is 770 g/mol. The lowest BCUT2D eigenvalue weighted by molar-refractivity contribution is -0.870. The van der Waals surface area contributed by atoms with E-state index in [2.05, 4.69) is 13.8 Å². The fourth-order valence-corrected chi connectivity index (χ4v) is 8.59. The Morgan fingerprint density at radius 2 is 0.767 bits per heavy atom. The molecule has 0 amide bonds. The Morgan fingerprint density at radius 1 is 0.450 bits per heavy atom. The number of nitrogens with zero attached hydrogens (tertiary/aromatic N) is 1. The van der Waals surface area contributed by atoms with E-state index < -0.39 is 13.9 Å². The lowest BCUT2D eigenvalue weighted by Crippen LogP contribution is -2.37. The normalized spacial score (nSPS) is 13.5. The van der Waals surface area contributed by atoms with Gasteiger partial charge < -0.3 is 18.9 Å². The van der Waals surface area contributed by atoms with Gasteiger partial charge in [-0.25, -0.2) is 4.57 Å². The van der Waals surface area contributed by atoms with E-state index in [1.165, 1.54) is 212 Å². The molecule has 360 valence electrons. The van der Waals surface area contributed by atoms with Gasteiger partial charge in [-0.15, -0.1) is 0 Å². The maximum absolute atomic E-state index is 12.8. The van der Waals surface area contributed by atoms with Crippen LogP contribution in [0.5, 0.6) is 0 Å². The quantitative estimate of drug-likeness (QED) is 0.0282. The number of quaternary nitrogens is 1. The second kappa shape index (κ2) is 45.1. The number of hydrogen-bond donors (Lipinski definition) is 1. The van der Waals surface area contributed by atoms with Crippen molar-refractivity contribution in [2.24, 2.45) is 0 Å². The molecule has 0 heterocycles. The third-order valence-electron chi connectivity index (χ3n) is 11.9. The molecule has 2 atom stereocenters. The SMILES string of the molecule is CCCCCCCCCCCCCCCCCCCCCOCC(COP(=O)(O)OCC[N+](C)(C)C)OC(=O)CCCCCCCCCCCCCCCCCCCCC. The molecule has 0 radical (unpaired) electrons. The van der Waals surface area contributed by atoms with Gasteiger partial charge in [0.1, 0.15) is 19.3 Å². The number of hydrogen-bond acceptors (Lipinski definition) is 6. The van der Waals surface area contributed by atoms with Crippen LogP contribution in [0.3, 0.4) is 0 Å². The highest BCUT2D eigenvalue weighted by molar-refractivity contribution is 7.47. The molecule has 0 aliphatic rings. The number of ether oxygens (including phenoxy) is 2. The van der Waals surface area contributed by atoms with E-state index in [0.29, 0.717) is 24.1 Å². The molecule has 0 fully saturated rings. The molecule has 1 N–H and O–H groups in total. The second-order valence-electron chi connectivity index (χ2n) is 19.3. The predicted molar refractivity (Wildman–Crippen MR) is 257 cm³/mol. The highest BCUT2D eigenvalue weighted by Gasteiger charge is 2.26. The van der Waals surface area contributed by atoms with Crippen LogP contribution in [0.2, 0.25) is 0 Å². The lowest BCUT2D eigenvalue weighted by Gasteiger charge is -2.24. The van der Waals surface area contributed by atoms with Crippen LogP contribution in [0.15, 0.2) is 0 Å². The van der Waals surface area contributed by atoms with Crippen LogP contribution in [0.4, 0.5) is 0 Å². The molecule has 0 aromatic rings. The van der Waals surface area contributed by atoms with E-state index >= 15 is 0 Å². The average Bonchev–Trinajstić information content (AvgIpc) is 3.20. The highest BCUT2D eigenvalue weighted by Crippen LogP contribution is 2.43. The Bertz CT molecular complexity index is 930. The number of phosphoric acid groups is 1. The summed E-state index contributed by atoms with van der Waals surface area (Å²) in [5.41, 5.74) is 0. The van der Waals surface area contributed by atoms with E-state index in [0.717, 1.165) is 32.1 Å². The first-order chi connectivity index (χ1) is 29.1. The van der Waals surface area contributed by atoms with Gasteiger partial charge in [0.2, 0.25) is 0 Å². The van der Waals surface area contributed by atoms with Crippen molar-refractivity contribution >= 4 is 13.8 Å². The van der Waals surface area contributed by atoms with Gasteiger partial charge >= 0.3 is 13.8 Å². The first-order valence-corrected chi connectivity index (χ1v) is 27.8. The molecule has 0 saturated carbocycles. The Hall–Kier alpha value is -0.500. The topological polar surface area (TPSA) is 91.3 Å². The molecule has 2 unspecified atom stereocenters. The number of phosphoric ester groups is 1. The molecule has 0 saturated heterocycles. The number of carbonyl (C=O) groups is 1. The lowest BCUT2D eigenvalue weighted by atomic mass is 10.0. The van der Waals surface area contributed by atoms with E-state index in [1.54, 1.807) is 0 Å². The van der Waals surface area contributed by atoms with Crippen LogP contribution < -0.4 is 0 Å². The van der Waals surface area contributed by atoms with Crippen molar-refractivity contribution in [3.05, 3.63) is 0 Å². The van der Waals surface area contributed by atoms with Crippen molar-refractivity contribution in [2.45, 2.75) is 270 Å². The van der Waals surface area contributed by atoms with Crippen molar-refractivity contribution in [1.29, 1.82) is 0 Å². The minimum atomic E-state index is -4.27. The summed E-state index contributed by atoms with van der Waals surface area (Å²) in [5, 5.41) is 0. The summed E-state index contributed by atoms with van der Waals surface area (Å²) in [6.07, 6.45) is 50.0. The summed E-state index contributed by atoms with van der Waals surface area (Å²) in [6.45, 7) is 5.71. The average molecular weight is 875 g/mol. The second-order valence-corrected chi connectivity index (χ2v) is 20.7. The third-order valence-corrected chi connectivity index (χ3v) is 12.9. The Kier molecular flexibility index (Phi) is 44.7. The molecule has 8 nitrogen and oxygen atoms in total. The van der Waals surface area contributed by atoms with Crippen LogP contribution in [-0.2, 0) is 27.9 Å². The van der Waals surface area contributed by atoms with E-state index in [9.17, 15) is 14.3 Å². The van der Waals surface area contributed by atoms with Crippen LogP contribution >= 0.6 is 7.82 Å². The summed E-state index contributed by atoms with van der Waals surface area (Å²) in [7, 11) is 1.69. The molecule has 0 aromatic heterocycles. The summed E-state index contributed by atoms with van der Waals surface area (Å²) >= 11 is 0. The predicted octanol–water partition coefficient (Wildman–Crippen LogP) is 16.0. The Labute approximate surface area is 374 Å². The monoisotopic (exact) mass is 875 g/mol. The van der Waals surface area contributed by atoms with Gasteiger partial charge in [-0.3, -0.25) is 13.8 Å². The zero-order chi connectivity index (χ0) is 44.1. The van der Waals surface area contributed by atoms with E-state index in [4.69, 9.17) is 18.5 Å². The molecular formula is C51H105NO7P+. The summed E-state index contributed by atoms with van der Waals surface area (Å²) in [6, 6.07) is 0. The van der Waals surface area contributed by atoms with E-state index in [-0.39, 0.29) is 25.8 Å². The van der Waals surface area contributed by atoms with Gasteiger partial charge in [-0.1, -0.05) is 245 Å². The third kappa shape index (κ3) is 48.5. The summed E-state index contributed by atoms with van der Waals surface area (Å²) in [4.78, 5) is 23.0. The molecule has 0 aromatic carbocycles.